The average molecular weight is 324 g/mol. The molecule has 0 bridgehead atoms. The fraction of sp³-hybridized carbons (Fsp3) is 0.647. The summed E-state index contributed by atoms with van der Waals surface area (Å²) in [5, 5.41) is 3.81. The van der Waals surface area contributed by atoms with E-state index in [0.717, 1.165) is 5.92 Å². The number of aryl methyl sites for hydroxylation is 2. The fourth-order valence-electron chi connectivity index (χ4n) is 3.27. The second-order valence-corrected chi connectivity index (χ2v) is 6.95. The van der Waals surface area contributed by atoms with Gasteiger partial charge in [-0.25, -0.2) is 0 Å². The molecule has 2 heteroatoms. The molecule has 1 N–H and O–H groups in total. The summed E-state index contributed by atoms with van der Waals surface area (Å²) in [6.45, 7) is 6.73. The van der Waals surface area contributed by atoms with Crippen molar-refractivity contribution in [2.75, 3.05) is 5.32 Å². The van der Waals surface area contributed by atoms with Gasteiger partial charge in [0, 0.05) is 16.2 Å². The van der Waals surface area contributed by atoms with Gasteiger partial charge < -0.3 is 5.32 Å². The van der Waals surface area contributed by atoms with Crippen LogP contribution in [0.1, 0.15) is 56.6 Å². The quantitative estimate of drug-likeness (QED) is 0.689. The van der Waals surface area contributed by atoms with E-state index in [0.29, 0.717) is 6.04 Å². The van der Waals surface area contributed by atoms with Crippen molar-refractivity contribution in [2.24, 2.45) is 5.92 Å². The Kier molecular flexibility index (Phi) is 5.32. The molecule has 2 rings (SSSR count). The number of halogens is 1. The number of rotatable bonds is 3. The molecule has 19 heavy (non-hydrogen) atoms. The van der Waals surface area contributed by atoms with Crippen molar-refractivity contribution in [3.63, 3.8) is 0 Å². The Hall–Kier alpha value is -0.500. The summed E-state index contributed by atoms with van der Waals surface area (Å²) >= 11 is 3.57. The smallest absolute Gasteiger partial charge is 0.0402 e. The third kappa shape index (κ3) is 3.98. The zero-order valence-corrected chi connectivity index (χ0v) is 14.0. The minimum Gasteiger partial charge on any atom is -0.382 e. The lowest BCUT2D eigenvalue weighted by Crippen LogP contribution is -2.19. The lowest BCUT2D eigenvalue weighted by Gasteiger charge is -2.21. The van der Waals surface area contributed by atoms with Gasteiger partial charge in [0.15, 0.2) is 0 Å². The van der Waals surface area contributed by atoms with E-state index in [1.54, 1.807) is 0 Å². The average Bonchev–Trinajstić information content (AvgIpc) is 2.58. The first kappa shape index (κ1) is 14.9. The predicted molar refractivity (Wildman–Crippen MR) is 87.9 cm³/mol. The summed E-state index contributed by atoms with van der Waals surface area (Å²) in [7, 11) is 0. The topological polar surface area (TPSA) is 12.0 Å². The minimum absolute atomic E-state index is 0.662. The van der Waals surface area contributed by atoms with Crippen LogP contribution in [-0.2, 0) is 0 Å². The highest BCUT2D eigenvalue weighted by Gasteiger charge is 2.18. The monoisotopic (exact) mass is 323 g/mol. The van der Waals surface area contributed by atoms with E-state index in [-0.39, 0.29) is 0 Å². The molecule has 1 saturated carbocycles. The molecule has 1 aliphatic rings. The van der Waals surface area contributed by atoms with Crippen LogP contribution >= 0.6 is 15.9 Å². The molecular weight excluding hydrogens is 298 g/mol. The first-order valence-electron chi connectivity index (χ1n) is 7.63. The van der Waals surface area contributed by atoms with Crippen LogP contribution in [-0.4, -0.2) is 6.04 Å². The van der Waals surface area contributed by atoms with Crippen LogP contribution in [0.3, 0.4) is 0 Å². The predicted octanol–water partition coefficient (Wildman–Crippen LogP) is 5.84. The maximum absolute atomic E-state index is 3.81. The molecule has 0 radical (unpaired) electrons. The number of nitrogens with one attached hydrogen (secondary N) is 1. The van der Waals surface area contributed by atoms with Gasteiger partial charge in [-0.2, -0.15) is 0 Å². The Bertz CT molecular complexity index is 404. The van der Waals surface area contributed by atoms with E-state index in [4.69, 9.17) is 0 Å². The molecule has 1 aromatic rings. The van der Waals surface area contributed by atoms with Crippen molar-refractivity contribution < 1.29 is 0 Å². The lowest BCUT2D eigenvalue weighted by atomic mass is 9.97. The lowest BCUT2D eigenvalue weighted by molar-refractivity contribution is 0.444. The van der Waals surface area contributed by atoms with Crippen molar-refractivity contribution in [3.8, 4) is 0 Å². The normalized spacial score (nSPS) is 24.0. The molecule has 0 spiro atoms. The first-order valence-corrected chi connectivity index (χ1v) is 8.42. The molecule has 2 atom stereocenters. The van der Waals surface area contributed by atoms with Crippen LogP contribution < -0.4 is 5.32 Å². The molecule has 2 unspecified atom stereocenters. The van der Waals surface area contributed by atoms with E-state index < -0.39 is 0 Å². The summed E-state index contributed by atoms with van der Waals surface area (Å²) in [6, 6.07) is 5.08. The number of hydrogen-bond donors (Lipinski definition) is 1. The number of hydrogen-bond acceptors (Lipinski definition) is 1. The highest BCUT2D eigenvalue weighted by molar-refractivity contribution is 9.10. The van der Waals surface area contributed by atoms with Crippen molar-refractivity contribution in [1.82, 2.24) is 0 Å². The Morgan fingerprint density at radius 2 is 1.79 bits per heavy atom. The third-order valence-electron chi connectivity index (χ3n) is 4.51. The van der Waals surface area contributed by atoms with Gasteiger partial charge >= 0.3 is 0 Å². The molecular formula is C17H26BrN. The SMILES string of the molecule is CCC1CCCC(Nc2c(C)cc(Br)cc2C)CC1. The maximum atomic E-state index is 3.81. The molecule has 0 amide bonds. The molecule has 1 fully saturated rings. The van der Waals surface area contributed by atoms with E-state index in [2.05, 4.69) is 54.2 Å². The Labute approximate surface area is 126 Å². The highest BCUT2D eigenvalue weighted by Crippen LogP contribution is 2.30. The van der Waals surface area contributed by atoms with Gasteiger partial charge in [0.25, 0.3) is 0 Å². The third-order valence-corrected chi connectivity index (χ3v) is 4.97. The Balaban J connectivity index is 2.05. The second kappa shape index (κ2) is 6.78. The number of anilines is 1. The second-order valence-electron chi connectivity index (χ2n) is 6.04. The van der Waals surface area contributed by atoms with Gasteiger partial charge in [-0.1, -0.05) is 42.1 Å². The van der Waals surface area contributed by atoms with Crippen molar-refractivity contribution in [2.45, 2.75) is 65.3 Å². The van der Waals surface area contributed by atoms with Gasteiger partial charge in [-0.05, 0) is 62.3 Å². The van der Waals surface area contributed by atoms with Crippen LogP contribution in [0.2, 0.25) is 0 Å². The van der Waals surface area contributed by atoms with Crippen LogP contribution in [0.25, 0.3) is 0 Å². The maximum Gasteiger partial charge on any atom is 0.0402 e. The summed E-state index contributed by atoms with van der Waals surface area (Å²) in [5.41, 5.74) is 4.05. The van der Waals surface area contributed by atoms with Crippen LogP contribution in [0.15, 0.2) is 16.6 Å². The van der Waals surface area contributed by atoms with Gasteiger partial charge in [0.05, 0.1) is 0 Å². The van der Waals surface area contributed by atoms with Gasteiger partial charge in [0.2, 0.25) is 0 Å². The molecule has 1 aromatic carbocycles. The van der Waals surface area contributed by atoms with Gasteiger partial charge in [-0.3, -0.25) is 0 Å². The van der Waals surface area contributed by atoms with Gasteiger partial charge in [0.1, 0.15) is 0 Å². The highest BCUT2D eigenvalue weighted by atomic mass is 79.9. The zero-order valence-electron chi connectivity index (χ0n) is 12.4. The van der Waals surface area contributed by atoms with Crippen molar-refractivity contribution in [3.05, 3.63) is 27.7 Å². The van der Waals surface area contributed by atoms with E-state index >= 15 is 0 Å². The zero-order chi connectivity index (χ0) is 13.8. The van der Waals surface area contributed by atoms with Crippen molar-refractivity contribution in [1.29, 1.82) is 0 Å². The first-order chi connectivity index (χ1) is 9.10. The molecule has 106 valence electrons. The van der Waals surface area contributed by atoms with Crippen LogP contribution in [0.5, 0.6) is 0 Å². The number of benzene rings is 1. The summed E-state index contributed by atoms with van der Waals surface area (Å²) in [4.78, 5) is 0. The Morgan fingerprint density at radius 3 is 2.42 bits per heavy atom. The summed E-state index contributed by atoms with van der Waals surface area (Å²) in [5.74, 6) is 0.957. The van der Waals surface area contributed by atoms with E-state index in [1.165, 1.54) is 59.8 Å². The van der Waals surface area contributed by atoms with E-state index in [9.17, 15) is 0 Å². The summed E-state index contributed by atoms with van der Waals surface area (Å²) < 4.78 is 1.18. The van der Waals surface area contributed by atoms with Crippen LogP contribution in [0.4, 0.5) is 5.69 Å². The van der Waals surface area contributed by atoms with E-state index in [1.807, 2.05) is 0 Å². The fourth-order valence-corrected chi connectivity index (χ4v) is 3.96. The minimum atomic E-state index is 0.662. The molecule has 1 aliphatic carbocycles. The molecule has 0 aromatic heterocycles. The largest absolute Gasteiger partial charge is 0.382 e. The van der Waals surface area contributed by atoms with Crippen molar-refractivity contribution >= 4 is 21.6 Å². The molecule has 0 aliphatic heterocycles. The Morgan fingerprint density at radius 1 is 1.11 bits per heavy atom. The van der Waals surface area contributed by atoms with Gasteiger partial charge in [-0.15, -0.1) is 0 Å². The van der Waals surface area contributed by atoms with Crippen LogP contribution in [0, 0.1) is 19.8 Å². The molecule has 0 heterocycles. The standard InChI is InChI=1S/C17H26BrN/c1-4-14-6-5-7-16(9-8-14)19-17-12(2)10-15(18)11-13(17)3/h10-11,14,16,19H,4-9H2,1-3H3. The molecule has 1 nitrogen and oxygen atoms in total. The molecule has 0 saturated heterocycles. The summed E-state index contributed by atoms with van der Waals surface area (Å²) in [6.07, 6.45) is 8.20.